The summed E-state index contributed by atoms with van der Waals surface area (Å²) < 4.78 is 17.1. The van der Waals surface area contributed by atoms with E-state index < -0.39 is 12.2 Å². The smallest absolute Gasteiger partial charge is 0.165 e. The van der Waals surface area contributed by atoms with Gasteiger partial charge in [0, 0.05) is 46.0 Å². The molecule has 0 bridgehead atoms. The third-order valence-electron chi connectivity index (χ3n) is 7.24. The number of aldehydes is 2. The zero-order chi connectivity index (χ0) is 33.1. The summed E-state index contributed by atoms with van der Waals surface area (Å²) in [6.45, 7) is 15.5. The topological polar surface area (TPSA) is 123 Å². The molecule has 0 heterocycles. The fourth-order valence-corrected chi connectivity index (χ4v) is 4.92. The molecule has 0 fully saturated rings. The summed E-state index contributed by atoms with van der Waals surface area (Å²) in [4.78, 5) is 24.0. The van der Waals surface area contributed by atoms with Gasteiger partial charge in [-0.3, -0.25) is 9.59 Å². The number of carbonyl (C=O) groups is 2. The van der Waals surface area contributed by atoms with Crippen LogP contribution in [0.15, 0.2) is 70.6 Å². The van der Waals surface area contributed by atoms with Gasteiger partial charge in [0.2, 0.25) is 0 Å². The van der Waals surface area contributed by atoms with Crippen LogP contribution < -0.4 is 11.1 Å². The maximum Gasteiger partial charge on any atom is 0.165 e. The molecule has 0 aromatic carbocycles. The van der Waals surface area contributed by atoms with Crippen molar-refractivity contribution in [1.29, 1.82) is 0 Å². The lowest BCUT2D eigenvalue weighted by atomic mass is 9.88. The van der Waals surface area contributed by atoms with Crippen LogP contribution in [0.1, 0.15) is 47.5 Å². The number of aliphatic hydroxyl groups is 1. The fourth-order valence-electron chi connectivity index (χ4n) is 4.92. The molecule has 0 aliphatic carbocycles. The molecule has 9 heteroatoms. The van der Waals surface area contributed by atoms with Crippen molar-refractivity contribution in [3.05, 3.63) is 70.6 Å². The lowest BCUT2D eigenvalue weighted by molar-refractivity contribution is -0.105. The van der Waals surface area contributed by atoms with Crippen molar-refractivity contribution < 1.29 is 28.9 Å². The molecule has 9 nitrogen and oxygen atoms in total. The van der Waals surface area contributed by atoms with Gasteiger partial charge in [0.15, 0.2) is 6.29 Å². The third kappa shape index (κ3) is 15.5. The molecule has 43 heavy (non-hydrogen) atoms. The zero-order valence-corrected chi connectivity index (χ0v) is 28.1. The molecular weight excluding hydrogens is 546 g/mol. The minimum Gasteiger partial charge on any atom is -0.396 e. The predicted octanol–water partition coefficient (Wildman–Crippen LogP) is 4.12. The Morgan fingerprint density at radius 3 is 2.21 bits per heavy atom. The van der Waals surface area contributed by atoms with E-state index in [1.54, 1.807) is 46.5 Å². The van der Waals surface area contributed by atoms with Crippen molar-refractivity contribution in [2.24, 2.45) is 17.6 Å². The average molecular weight is 604 g/mol. The minimum atomic E-state index is -0.748. The molecule has 0 radical (unpaired) electrons. The van der Waals surface area contributed by atoms with E-state index in [-0.39, 0.29) is 29.7 Å². The number of hydrogen-bond acceptors (Lipinski definition) is 9. The molecule has 5 unspecified atom stereocenters. The second-order valence-corrected chi connectivity index (χ2v) is 11.5. The number of ether oxygens (including phenoxy) is 3. The second kappa shape index (κ2) is 21.8. The maximum atomic E-state index is 11.3. The summed E-state index contributed by atoms with van der Waals surface area (Å²) >= 11 is 0. The largest absolute Gasteiger partial charge is 0.396 e. The van der Waals surface area contributed by atoms with E-state index in [2.05, 4.69) is 23.7 Å². The van der Waals surface area contributed by atoms with Gasteiger partial charge in [-0.15, -0.1) is 0 Å². The first-order valence-electron chi connectivity index (χ1n) is 14.7. The van der Waals surface area contributed by atoms with Crippen molar-refractivity contribution in [3.8, 4) is 0 Å². The standard InChI is InChI=1S/C34H57N3O6/c1-23(21-38)13-12-14-30(41-9)34(43-11)28(6)19-27(5)33(40)31(42-10)18-24(2)17-25(3)32(36-15-16-37(7)8)26(4)20-29(35)22-39/h12-14,19-22,24,27,30-31,33-34,36,40H,4,15-18,35H2,1-3,5-11H3/b14-12-,23-13+,28-19+,29-20+,32-25-/t24?,27-,30?,31?,33?,34?/m0/s1. The van der Waals surface area contributed by atoms with E-state index in [4.69, 9.17) is 19.9 Å². The van der Waals surface area contributed by atoms with E-state index in [1.807, 2.05) is 47.0 Å². The van der Waals surface area contributed by atoms with Crippen LogP contribution in [-0.4, -0.2) is 95.5 Å². The van der Waals surface area contributed by atoms with Crippen molar-refractivity contribution in [1.82, 2.24) is 10.2 Å². The summed E-state index contributed by atoms with van der Waals surface area (Å²) in [5.41, 5.74) is 9.99. The zero-order valence-electron chi connectivity index (χ0n) is 28.1. The highest BCUT2D eigenvalue weighted by Crippen LogP contribution is 2.26. The summed E-state index contributed by atoms with van der Waals surface area (Å²) in [6, 6.07) is 0. The first-order valence-corrected chi connectivity index (χ1v) is 14.7. The Bertz CT molecular complexity index is 1030. The summed E-state index contributed by atoms with van der Waals surface area (Å²) in [5.74, 6) is -0.0371. The predicted molar refractivity (Wildman–Crippen MR) is 175 cm³/mol. The number of methoxy groups -OCH3 is 3. The first kappa shape index (κ1) is 40.2. The van der Waals surface area contributed by atoms with Crippen LogP contribution in [0.3, 0.4) is 0 Å². The Labute approximate surface area is 260 Å². The number of nitrogens with zero attached hydrogens (tertiary/aromatic N) is 1. The second-order valence-electron chi connectivity index (χ2n) is 11.5. The normalized spacial score (nSPS) is 18.1. The van der Waals surface area contributed by atoms with Crippen LogP contribution in [-0.2, 0) is 23.8 Å². The fraction of sp³-hybridized carbons (Fsp3) is 0.588. The van der Waals surface area contributed by atoms with E-state index >= 15 is 0 Å². The quantitative estimate of drug-likeness (QED) is 0.0726. The van der Waals surface area contributed by atoms with Gasteiger partial charge in [-0.2, -0.15) is 0 Å². The van der Waals surface area contributed by atoms with Crippen LogP contribution in [0.2, 0.25) is 0 Å². The van der Waals surface area contributed by atoms with Gasteiger partial charge in [0.25, 0.3) is 0 Å². The molecule has 0 saturated carbocycles. The molecule has 0 spiro atoms. The van der Waals surface area contributed by atoms with E-state index in [9.17, 15) is 14.7 Å². The van der Waals surface area contributed by atoms with Crippen LogP contribution >= 0.6 is 0 Å². The molecule has 0 aliphatic rings. The van der Waals surface area contributed by atoms with Gasteiger partial charge in [0.05, 0.1) is 17.9 Å². The lowest BCUT2D eigenvalue weighted by Crippen LogP contribution is -2.35. The lowest BCUT2D eigenvalue weighted by Gasteiger charge is -2.29. The van der Waals surface area contributed by atoms with Gasteiger partial charge in [-0.05, 0) is 82.0 Å². The Balaban J connectivity index is 5.75. The molecule has 0 aliphatic heterocycles. The maximum absolute atomic E-state index is 11.3. The first-order chi connectivity index (χ1) is 20.2. The molecule has 0 amide bonds. The van der Waals surface area contributed by atoms with Crippen molar-refractivity contribution >= 4 is 12.6 Å². The Morgan fingerprint density at radius 1 is 1.05 bits per heavy atom. The molecule has 0 rings (SSSR count). The van der Waals surface area contributed by atoms with Gasteiger partial charge in [0.1, 0.15) is 18.5 Å². The summed E-state index contributed by atoms with van der Waals surface area (Å²) in [7, 11) is 8.85. The van der Waals surface area contributed by atoms with Crippen molar-refractivity contribution in [3.63, 3.8) is 0 Å². The molecule has 0 aromatic rings. The van der Waals surface area contributed by atoms with Crippen LogP contribution in [0.25, 0.3) is 0 Å². The van der Waals surface area contributed by atoms with Crippen molar-refractivity contribution in [2.45, 2.75) is 71.9 Å². The summed E-state index contributed by atoms with van der Waals surface area (Å²) in [6.07, 6.45) is 9.80. The highest BCUT2D eigenvalue weighted by atomic mass is 16.5. The number of allylic oxidation sites excluding steroid dienone is 6. The number of nitrogens with one attached hydrogen (secondary N) is 1. The van der Waals surface area contributed by atoms with Crippen LogP contribution in [0, 0.1) is 11.8 Å². The number of hydrogen-bond donors (Lipinski definition) is 3. The molecule has 0 saturated heterocycles. The Morgan fingerprint density at radius 2 is 1.70 bits per heavy atom. The third-order valence-corrected chi connectivity index (χ3v) is 7.24. The minimum absolute atomic E-state index is 0.117. The highest BCUT2D eigenvalue weighted by molar-refractivity contribution is 5.73. The number of carbonyl (C=O) groups excluding carboxylic acids is 2. The molecule has 4 N–H and O–H groups in total. The van der Waals surface area contributed by atoms with E-state index in [0.717, 1.165) is 36.1 Å². The monoisotopic (exact) mass is 603 g/mol. The van der Waals surface area contributed by atoms with Gasteiger partial charge < -0.3 is 35.3 Å². The van der Waals surface area contributed by atoms with Crippen molar-refractivity contribution in [2.75, 3.05) is 48.5 Å². The Hall–Kier alpha value is -2.82. The van der Waals surface area contributed by atoms with Crippen LogP contribution in [0.5, 0.6) is 0 Å². The van der Waals surface area contributed by atoms with Gasteiger partial charge in [-0.1, -0.05) is 44.7 Å². The summed E-state index contributed by atoms with van der Waals surface area (Å²) in [5, 5.41) is 14.7. The molecule has 244 valence electrons. The number of aliphatic hydroxyl groups excluding tert-OH is 1. The SMILES string of the molecule is C=C(/C=C(/N)C=O)/C(NCCN(C)C)=C(\C)CC(C)CC(OC)C(O)[C@@H](C)/C=C(\C)C(OC)C(/C=C\C=C(/C)C=O)OC. The highest BCUT2D eigenvalue weighted by Gasteiger charge is 2.28. The number of rotatable bonds is 22. The number of nitrogens with two attached hydrogens (primary N) is 1. The van der Waals surface area contributed by atoms with E-state index in [0.29, 0.717) is 30.4 Å². The molecule has 0 aromatic heterocycles. The van der Waals surface area contributed by atoms with Gasteiger partial charge in [-0.25, -0.2) is 0 Å². The van der Waals surface area contributed by atoms with Gasteiger partial charge >= 0.3 is 0 Å². The average Bonchev–Trinajstić information content (AvgIpc) is 2.96. The van der Waals surface area contributed by atoms with Crippen LogP contribution in [0.4, 0.5) is 0 Å². The molecular formula is C34H57N3O6. The molecule has 6 atom stereocenters. The van der Waals surface area contributed by atoms with E-state index in [1.165, 1.54) is 0 Å². The Kier molecular flexibility index (Phi) is 20.4. The number of likely N-dealkylation sites (N-methyl/N-ethyl adjacent to an activating group) is 1.